The number of aliphatic imine (C=N–C) groups is 1. The third-order valence-corrected chi connectivity index (χ3v) is 3.23. The van der Waals surface area contributed by atoms with Crippen molar-refractivity contribution in [3.63, 3.8) is 0 Å². The fourth-order valence-electron chi connectivity index (χ4n) is 1.97. The maximum Gasteiger partial charge on any atom is 0.311 e. The molecule has 0 spiro atoms. The SMILES string of the molecule is CC1(c2cc([N+](=O)[O-])c(O)cc2F)N=C(N)OCC1(F)F. The molecule has 7 nitrogen and oxygen atoms in total. The first-order valence-electron chi connectivity index (χ1n) is 5.62. The summed E-state index contributed by atoms with van der Waals surface area (Å²) >= 11 is 0. The van der Waals surface area contributed by atoms with E-state index in [0.717, 1.165) is 6.92 Å². The molecule has 1 aliphatic rings. The molecule has 0 fully saturated rings. The molecule has 0 saturated carbocycles. The molecule has 0 radical (unpaired) electrons. The predicted octanol–water partition coefficient (Wildman–Crippen LogP) is 1.63. The summed E-state index contributed by atoms with van der Waals surface area (Å²) in [5, 5.41) is 20.0. The van der Waals surface area contributed by atoms with Crippen molar-refractivity contribution in [2.24, 2.45) is 10.7 Å². The number of alkyl halides is 2. The van der Waals surface area contributed by atoms with E-state index in [0.29, 0.717) is 12.1 Å². The quantitative estimate of drug-likeness (QED) is 0.637. The minimum atomic E-state index is -3.65. The van der Waals surface area contributed by atoms with E-state index in [-0.39, 0.29) is 0 Å². The van der Waals surface area contributed by atoms with E-state index < -0.39 is 51.8 Å². The number of aromatic hydroxyl groups is 1. The number of amidine groups is 1. The van der Waals surface area contributed by atoms with Gasteiger partial charge in [0.25, 0.3) is 6.02 Å². The smallest absolute Gasteiger partial charge is 0.311 e. The molecule has 1 atom stereocenters. The van der Waals surface area contributed by atoms with Crippen LogP contribution in [0.5, 0.6) is 5.75 Å². The van der Waals surface area contributed by atoms with Gasteiger partial charge in [-0.1, -0.05) is 0 Å². The van der Waals surface area contributed by atoms with E-state index >= 15 is 0 Å². The average molecular weight is 305 g/mol. The second kappa shape index (κ2) is 4.50. The van der Waals surface area contributed by atoms with Crippen LogP contribution in [0.2, 0.25) is 0 Å². The highest BCUT2D eigenvalue weighted by Crippen LogP contribution is 2.46. The molecule has 1 aromatic rings. The van der Waals surface area contributed by atoms with Crippen molar-refractivity contribution in [3.8, 4) is 5.75 Å². The van der Waals surface area contributed by atoms with Crippen molar-refractivity contribution in [3.05, 3.63) is 33.6 Å². The summed E-state index contributed by atoms with van der Waals surface area (Å²) in [6.07, 6.45) is 0. The monoisotopic (exact) mass is 305 g/mol. The fourth-order valence-corrected chi connectivity index (χ4v) is 1.97. The lowest BCUT2D eigenvalue weighted by Crippen LogP contribution is -2.51. The Bertz CT molecular complexity index is 650. The Morgan fingerprint density at radius 3 is 2.71 bits per heavy atom. The summed E-state index contributed by atoms with van der Waals surface area (Å²) < 4.78 is 46.4. The molecule has 3 N–H and O–H groups in total. The standard InChI is InChI=1S/C11H10F3N3O4/c1-10(11(13,14)4-21-9(15)16-10)5-2-7(17(19)20)8(18)3-6(5)12/h2-3,18H,4H2,1H3,(H2,15,16). The molecule has 1 aliphatic heterocycles. The number of halogens is 3. The number of hydrogen-bond donors (Lipinski definition) is 2. The van der Waals surface area contributed by atoms with Crippen molar-refractivity contribution < 1.29 is 27.9 Å². The van der Waals surface area contributed by atoms with Crippen LogP contribution in [0, 0.1) is 15.9 Å². The largest absolute Gasteiger partial charge is 0.502 e. The molecule has 10 heteroatoms. The molecule has 1 unspecified atom stereocenters. The van der Waals surface area contributed by atoms with E-state index in [2.05, 4.69) is 9.73 Å². The van der Waals surface area contributed by atoms with Gasteiger partial charge in [0, 0.05) is 17.7 Å². The molecule has 0 bridgehead atoms. The summed E-state index contributed by atoms with van der Waals surface area (Å²) in [5.74, 6) is -5.89. The number of phenols is 1. The average Bonchev–Trinajstić information content (AvgIpc) is 2.34. The summed E-state index contributed by atoms with van der Waals surface area (Å²) in [7, 11) is 0. The Labute approximate surface area is 116 Å². The van der Waals surface area contributed by atoms with Crippen LogP contribution in [-0.4, -0.2) is 28.6 Å². The second-order valence-electron chi connectivity index (χ2n) is 4.59. The number of benzene rings is 1. The van der Waals surface area contributed by atoms with Crippen LogP contribution in [-0.2, 0) is 10.3 Å². The number of phenolic OH excluding ortho intramolecular Hbond substituents is 1. The molecule has 0 saturated heterocycles. The third kappa shape index (κ3) is 2.22. The van der Waals surface area contributed by atoms with Gasteiger partial charge in [-0.2, -0.15) is 8.78 Å². The topological polar surface area (TPSA) is 111 Å². The van der Waals surface area contributed by atoms with Crippen LogP contribution >= 0.6 is 0 Å². The highest BCUT2D eigenvalue weighted by atomic mass is 19.3. The summed E-state index contributed by atoms with van der Waals surface area (Å²) in [5.41, 5.74) is 1.07. The van der Waals surface area contributed by atoms with Gasteiger partial charge >= 0.3 is 11.6 Å². The van der Waals surface area contributed by atoms with Gasteiger partial charge in [0.1, 0.15) is 5.82 Å². The van der Waals surface area contributed by atoms with Crippen molar-refractivity contribution in [1.29, 1.82) is 0 Å². The van der Waals surface area contributed by atoms with Crippen molar-refractivity contribution in [1.82, 2.24) is 0 Å². The van der Waals surface area contributed by atoms with Crippen LogP contribution in [0.1, 0.15) is 12.5 Å². The molecule has 21 heavy (non-hydrogen) atoms. The van der Waals surface area contributed by atoms with E-state index in [1.54, 1.807) is 0 Å². The van der Waals surface area contributed by atoms with Gasteiger partial charge in [-0.15, -0.1) is 0 Å². The zero-order valence-corrected chi connectivity index (χ0v) is 10.6. The van der Waals surface area contributed by atoms with Gasteiger partial charge in [0.05, 0.1) is 4.92 Å². The number of nitrogens with two attached hydrogens (primary N) is 1. The van der Waals surface area contributed by atoms with Crippen molar-refractivity contribution in [2.75, 3.05) is 6.61 Å². The summed E-state index contributed by atoms with van der Waals surface area (Å²) in [6.45, 7) is -0.269. The first-order valence-corrected chi connectivity index (χ1v) is 5.62. The van der Waals surface area contributed by atoms with Crippen LogP contribution < -0.4 is 5.73 Å². The number of ether oxygens (including phenoxy) is 1. The molecule has 1 aromatic carbocycles. The highest BCUT2D eigenvalue weighted by molar-refractivity contribution is 5.73. The maximum atomic E-state index is 14.0. The lowest BCUT2D eigenvalue weighted by molar-refractivity contribution is -0.386. The molecule has 0 aliphatic carbocycles. The molecule has 0 amide bonds. The Hall–Kier alpha value is -2.52. The van der Waals surface area contributed by atoms with Crippen LogP contribution in [0.3, 0.4) is 0 Å². The normalized spacial score (nSPS) is 24.1. The lowest BCUT2D eigenvalue weighted by atomic mass is 9.85. The molecule has 1 heterocycles. The number of nitro benzene ring substituents is 1. The Balaban J connectivity index is 2.72. The van der Waals surface area contributed by atoms with E-state index in [1.165, 1.54) is 0 Å². The lowest BCUT2D eigenvalue weighted by Gasteiger charge is -2.37. The van der Waals surface area contributed by atoms with Crippen LogP contribution in [0.4, 0.5) is 18.9 Å². The third-order valence-electron chi connectivity index (χ3n) is 3.23. The van der Waals surface area contributed by atoms with Gasteiger partial charge < -0.3 is 15.6 Å². The second-order valence-corrected chi connectivity index (χ2v) is 4.59. The Kier molecular flexibility index (Phi) is 3.19. The number of nitrogens with zero attached hydrogens (tertiary/aromatic N) is 2. The van der Waals surface area contributed by atoms with Crippen LogP contribution in [0.25, 0.3) is 0 Å². The first kappa shape index (κ1) is 14.9. The van der Waals surface area contributed by atoms with Gasteiger partial charge in [-0.25, -0.2) is 9.38 Å². The number of hydrogen-bond acceptors (Lipinski definition) is 6. The minimum absolute atomic E-state index is 0.385. The van der Waals surface area contributed by atoms with E-state index in [1.807, 2.05) is 0 Å². The van der Waals surface area contributed by atoms with E-state index in [4.69, 9.17) is 5.73 Å². The van der Waals surface area contributed by atoms with Gasteiger partial charge in [-0.3, -0.25) is 10.1 Å². The zero-order chi connectivity index (χ0) is 16.0. The highest BCUT2D eigenvalue weighted by Gasteiger charge is 2.56. The zero-order valence-electron chi connectivity index (χ0n) is 10.6. The van der Waals surface area contributed by atoms with E-state index in [9.17, 15) is 28.4 Å². The maximum absolute atomic E-state index is 14.0. The number of rotatable bonds is 2. The van der Waals surface area contributed by atoms with Gasteiger partial charge in [-0.05, 0) is 6.92 Å². The number of nitro groups is 1. The molecule has 114 valence electrons. The van der Waals surface area contributed by atoms with Crippen LogP contribution in [0.15, 0.2) is 17.1 Å². The van der Waals surface area contributed by atoms with Gasteiger partial charge in [0.2, 0.25) is 0 Å². The van der Waals surface area contributed by atoms with Gasteiger partial charge in [0.15, 0.2) is 17.9 Å². The van der Waals surface area contributed by atoms with Crippen molar-refractivity contribution in [2.45, 2.75) is 18.4 Å². The predicted molar refractivity (Wildman–Crippen MR) is 64.6 cm³/mol. The Morgan fingerprint density at radius 2 is 2.14 bits per heavy atom. The molecular weight excluding hydrogens is 295 g/mol. The first-order chi connectivity index (χ1) is 9.58. The summed E-state index contributed by atoms with van der Waals surface area (Å²) in [4.78, 5) is 13.1. The molecule has 2 rings (SSSR count). The van der Waals surface area contributed by atoms with Crippen molar-refractivity contribution >= 4 is 11.7 Å². The molecular formula is C11H10F3N3O4. The Morgan fingerprint density at radius 1 is 1.52 bits per heavy atom. The minimum Gasteiger partial charge on any atom is -0.502 e. The molecule has 0 aromatic heterocycles. The fraction of sp³-hybridized carbons (Fsp3) is 0.364. The summed E-state index contributed by atoms with van der Waals surface area (Å²) in [6, 6.07) is 0.315.